The third kappa shape index (κ3) is 5.08. The lowest BCUT2D eigenvalue weighted by molar-refractivity contribution is 0.102. The summed E-state index contributed by atoms with van der Waals surface area (Å²) in [4.78, 5) is 21.1. The number of amides is 1. The molecule has 0 atom stereocenters. The minimum atomic E-state index is -3.81. The van der Waals surface area contributed by atoms with Gasteiger partial charge in [-0.2, -0.15) is 0 Å². The normalized spacial score (nSPS) is 11.1. The molecule has 0 fully saturated rings. The number of carbonyl (C=O) groups is 1. The van der Waals surface area contributed by atoms with Crippen LogP contribution in [0, 0.1) is 0 Å². The number of rotatable bonds is 6. The van der Waals surface area contributed by atoms with Gasteiger partial charge >= 0.3 is 0 Å². The number of thiazole rings is 1. The Labute approximate surface area is 187 Å². The van der Waals surface area contributed by atoms with E-state index in [4.69, 9.17) is 11.6 Å². The Morgan fingerprint density at radius 1 is 1.00 bits per heavy atom. The van der Waals surface area contributed by atoms with Gasteiger partial charge in [-0.05, 0) is 54.6 Å². The second-order valence-corrected chi connectivity index (χ2v) is 9.35. The smallest absolute Gasteiger partial charge is 0.261 e. The summed E-state index contributed by atoms with van der Waals surface area (Å²) in [5.74, 6) is -0.400. The molecule has 2 N–H and O–H groups in total. The maximum atomic E-state index is 12.6. The van der Waals surface area contributed by atoms with Gasteiger partial charge in [0, 0.05) is 39.6 Å². The SMILES string of the molecule is O=C(Nc1nc(-c2ccncc2)cs1)c1cccc(NS(=O)(=O)c2ccc(Cl)cc2)c1. The van der Waals surface area contributed by atoms with E-state index in [2.05, 4.69) is 20.0 Å². The van der Waals surface area contributed by atoms with Crippen molar-refractivity contribution in [2.75, 3.05) is 10.0 Å². The van der Waals surface area contributed by atoms with Crippen molar-refractivity contribution in [3.8, 4) is 11.3 Å². The number of pyridine rings is 1. The highest BCUT2D eigenvalue weighted by molar-refractivity contribution is 7.92. The van der Waals surface area contributed by atoms with Gasteiger partial charge in [0.15, 0.2) is 5.13 Å². The third-order valence-electron chi connectivity index (χ3n) is 4.20. The van der Waals surface area contributed by atoms with Crippen LogP contribution in [0.5, 0.6) is 0 Å². The van der Waals surface area contributed by atoms with Crippen molar-refractivity contribution in [1.29, 1.82) is 0 Å². The van der Waals surface area contributed by atoms with Gasteiger partial charge in [-0.1, -0.05) is 17.7 Å². The fourth-order valence-corrected chi connectivity index (χ4v) is 4.60. The van der Waals surface area contributed by atoms with Crippen molar-refractivity contribution in [2.45, 2.75) is 4.90 Å². The maximum absolute atomic E-state index is 12.6. The summed E-state index contributed by atoms with van der Waals surface area (Å²) in [5.41, 5.74) is 2.17. The average molecular weight is 471 g/mol. The minimum absolute atomic E-state index is 0.0678. The molecule has 0 saturated carbocycles. The molecule has 2 aromatic heterocycles. The first-order chi connectivity index (χ1) is 14.9. The van der Waals surface area contributed by atoms with E-state index in [1.165, 1.54) is 41.7 Å². The average Bonchev–Trinajstić information content (AvgIpc) is 3.23. The van der Waals surface area contributed by atoms with Crippen LogP contribution in [0.4, 0.5) is 10.8 Å². The summed E-state index contributed by atoms with van der Waals surface area (Å²) in [6.07, 6.45) is 3.34. The van der Waals surface area contributed by atoms with Crippen molar-refractivity contribution in [1.82, 2.24) is 9.97 Å². The number of anilines is 2. The Bertz CT molecular complexity index is 1320. The van der Waals surface area contributed by atoms with E-state index >= 15 is 0 Å². The molecular weight excluding hydrogens is 456 g/mol. The first-order valence-electron chi connectivity index (χ1n) is 8.96. The van der Waals surface area contributed by atoms with E-state index in [0.29, 0.717) is 10.2 Å². The number of nitrogens with zero attached hydrogens (tertiary/aromatic N) is 2. The maximum Gasteiger partial charge on any atom is 0.261 e. The summed E-state index contributed by atoms with van der Waals surface area (Å²) in [5, 5.41) is 5.44. The van der Waals surface area contributed by atoms with Gasteiger partial charge in [0.05, 0.1) is 10.6 Å². The molecule has 0 saturated heterocycles. The number of hydrogen-bond acceptors (Lipinski definition) is 6. The van der Waals surface area contributed by atoms with Crippen LogP contribution < -0.4 is 10.0 Å². The van der Waals surface area contributed by atoms with Crippen molar-refractivity contribution in [3.05, 3.63) is 89.0 Å². The van der Waals surface area contributed by atoms with Gasteiger partial charge in [0.25, 0.3) is 15.9 Å². The first kappa shape index (κ1) is 21.0. The van der Waals surface area contributed by atoms with E-state index in [9.17, 15) is 13.2 Å². The predicted molar refractivity (Wildman–Crippen MR) is 122 cm³/mol. The molecule has 4 rings (SSSR count). The van der Waals surface area contributed by atoms with Crippen LogP contribution in [0.3, 0.4) is 0 Å². The number of nitrogens with one attached hydrogen (secondary N) is 2. The zero-order valence-corrected chi connectivity index (χ0v) is 18.2. The molecule has 2 aromatic carbocycles. The van der Waals surface area contributed by atoms with Crippen molar-refractivity contribution >= 4 is 49.7 Å². The van der Waals surface area contributed by atoms with E-state index in [1.54, 1.807) is 30.6 Å². The lowest BCUT2D eigenvalue weighted by atomic mass is 10.2. The molecule has 0 bridgehead atoms. The van der Waals surface area contributed by atoms with E-state index in [0.717, 1.165) is 11.3 Å². The molecule has 7 nitrogen and oxygen atoms in total. The van der Waals surface area contributed by atoms with Crippen LogP contribution >= 0.6 is 22.9 Å². The first-order valence-corrected chi connectivity index (χ1v) is 11.7. The van der Waals surface area contributed by atoms with Crippen molar-refractivity contribution in [3.63, 3.8) is 0 Å². The predicted octanol–water partition coefficient (Wildman–Crippen LogP) is 4.91. The van der Waals surface area contributed by atoms with Gasteiger partial charge in [0.2, 0.25) is 0 Å². The molecule has 1 amide bonds. The fraction of sp³-hybridized carbons (Fsp3) is 0. The van der Waals surface area contributed by atoms with E-state index < -0.39 is 15.9 Å². The van der Waals surface area contributed by atoms with Crippen LogP contribution in [0.25, 0.3) is 11.3 Å². The Morgan fingerprint density at radius 3 is 2.48 bits per heavy atom. The summed E-state index contributed by atoms with van der Waals surface area (Å²) in [6, 6.07) is 15.7. The van der Waals surface area contributed by atoms with Crippen LogP contribution in [-0.4, -0.2) is 24.3 Å². The largest absolute Gasteiger partial charge is 0.298 e. The van der Waals surface area contributed by atoms with Gasteiger partial charge in [-0.25, -0.2) is 13.4 Å². The quantitative estimate of drug-likeness (QED) is 0.417. The fourth-order valence-electron chi connectivity index (χ4n) is 2.71. The van der Waals surface area contributed by atoms with Gasteiger partial charge in [-0.15, -0.1) is 11.3 Å². The summed E-state index contributed by atoms with van der Waals surface area (Å²) < 4.78 is 27.6. The Hall–Kier alpha value is -3.27. The molecule has 0 radical (unpaired) electrons. The monoisotopic (exact) mass is 470 g/mol. The molecule has 156 valence electrons. The van der Waals surface area contributed by atoms with E-state index in [-0.39, 0.29) is 16.1 Å². The number of halogens is 1. The number of sulfonamides is 1. The van der Waals surface area contributed by atoms with Crippen LogP contribution in [0.2, 0.25) is 5.02 Å². The number of benzene rings is 2. The molecule has 0 aliphatic rings. The van der Waals surface area contributed by atoms with Crippen LogP contribution in [-0.2, 0) is 10.0 Å². The zero-order chi connectivity index (χ0) is 21.8. The Morgan fingerprint density at radius 2 is 1.74 bits per heavy atom. The molecule has 0 unspecified atom stereocenters. The molecule has 2 heterocycles. The van der Waals surface area contributed by atoms with Gasteiger partial charge < -0.3 is 0 Å². The molecule has 4 aromatic rings. The topological polar surface area (TPSA) is 101 Å². The second kappa shape index (κ2) is 8.84. The number of aromatic nitrogens is 2. The zero-order valence-electron chi connectivity index (χ0n) is 15.8. The highest BCUT2D eigenvalue weighted by Gasteiger charge is 2.16. The standard InChI is InChI=1S/C21H15ClN4O3S2/c22-16-4-6-18(7-5-16)31(28,29)26-17-3-1-2-15(12-17)20(27)25-21-24-19(13-30-21)14-8-10-23-11-9-14/h1-13,26H,(H,24,25,27). The lowest BCUT2D eigenvalue weighted by Crippen LogP contribution is -2.15. The van der Waals surface area contributed by atoms with Gasteiger partial charge in [0.1, 0.15) is 0 Å². The Balaban J connectivity index is 1.48. The molecule has 10 heteroatoms. The minimum Gasteiger partial charge on any atom is -0.298 e. The molecule has 0 aliphatic heterocycles. The number of carbonyl (C=O) groups excluding carboxylic acids is 1. The van der Waals surface area contributed by atoms with Crippen molar-refractivity contribution < 1.29 is 13.2 Å². The van der Waals surface area contributed by atoms with Crippen LogP contribution in [0.15, 0.2) is 83.3 Å². The lowest BCUT2D eigenvalue weighted by Gasteiger charge is -2.09. The second-order valence-electron chi connectivity index (χ2n) is 6.37. The summed E-state index contributed by atoms with van der Waals surface area (Å²) in [7, 11) is -3.81. The van der Waals surface area contributed by atoms with Gasteiger partial charge in [-0.3, -0.25) is 19.8 Å². The molecule has 31 heavy (non-hydrogen) atoms. The Kier molecular flexibility index (Phi) is 5.99. The molecular formula is C21H15ClN4O3S2. The highest BCUT2D eigenvalue weighted by Crippen LogP contribution is 2.25. The third-order valence-corrected chi connectivity index (χ3v) is 6.61. The highest BCUT2D eigenvalue weighted by atomic mass is 35.5. The summed E-state index contributed by atoms with van der Waals surface area (Å²) >= 11 is 7.11. The van der Waals surface area contributed by atoms with Crippen molar-refractivity contribution in [2.24, 2.45) is 0 Å². The molecule has 0 aliphatic carbocycles. The van der Waals surface area contributed by atoms with Crippen LogP contribution in [0.1, 0.15) is 10.4 Å². The summed E-state index contributed by atoms with van der Waals surface area (Å²) in [6.45, 7) is 0. The van der Waals surface area contributed by atoms with E-state index in [1.807, 2.05) is 17.5 Å². The molecule has 0 spiro atoms. The number of hydrogen-bond donors (Lipinski definition) is 2.